The highest BCUT2D eigenvalue weighted by Crippen LogP contribution is 1.99. The minimum atomic E-state index is 0.270. The van der Waals surface area contributed by atoms with Gasteiger partial charge in [-0.2, -0.15) is 0 Å². The molecule has 0 aliphatic rings. The van der Waals surface area contributed by atoms with Gasteiger partial charge in [0.25, 0.3) is 0 Å². The number of hydrogen-bond acceptors (Lipinski definition) is 3. The minimum absolute atomic E-state index is 0.270. The van der Waals surface area contributed by atoms with Crippen molar-refractivity contribution in [3.8, 4) is 0 Å². The fourth-order valence-electron chi connectivity index (χ4n) is 1.61. The monoisotopic (exact) mass is 188 g/mol. The van der Waals surface area contributed by atoms with E-state index >= 15 is 0 Å². The Labute approximate surface area is 82.1 Å². The lowest BCUT2D eigenvalue weighted by Crippen LogP contribution is -2.35. The molecule has 0 saturated heterocycles. The quantitative estimate of drug-likeness (QED) is 0.584. The Balaban J connectivity index is 3.64. The van der Waals surface area contributed by atoms with Gasteiger partial charge in [-0.05, 0) is 32.5 Å². The summed E-state index contributed by atoms with van der Waals surface area (Å²) >= 11 is 0. The van der Waals surface area contributed by atoms with E-state index in [-0.39, 0.29) is 6.61 Å². The zero-order valence-corrected chi connectivity index (χ0v) is 9.21. The molecule has 0 spiro atoms. The first-order valence-electron chi connectivity index (χ1n) is 5.22. The molecule has 0 heterocycles. The van der Waals surface area contributed by atoms with Gasteiger partial charge in [0.1, 0.15) is 0 Å². The van der Waals surface area contributed by atoms with E-state index in [2.05, 4.69) is 24.1 Å². The fourth-order valence-corrected chi connectivity index (χ4v) is 1.61. The van der Waals surface area contributed by atoms with Crippen LogP contribution in [0.15, 0.2) is 0 Å². The molecule has 0 radical (unpaired) electrons. The molecule has 2 N–H and O–H groups in total. The van der Waals surface area contributed by atoms with Gasteiger partial charge in [0, 0.05) is 13.1 Å². The molecule has 0 rings (SSSR count). The van der Waals surface area contributed by atoms with Gasteiger partial charge in [-0.1, -0.05) is 13.8 Å². The average Bonchev–Trinajstić information content (AvgIpc) is 2.05. The lowest BCUT2D eigenvalue weighted by molar-refractivity contribution is 0.178. The van der Waals surface area contributed by atoms with E-state index in [1.54, 1.807) is 0 Å². The minimum Gasteiger partial charge on any atom is -0.395 e. The molecule has 13 heavy (non-hydrogen) atoms. The number of nitrogens with one attached hydrogen (secondary N) is 1. The van der Waals surface area contributed by atoms with Crippen LogP contribution < -0.4 is 5.32 Å². The molecular weight excluding hydrogens is 164 g/mol. The number of rotatable bonds is 8. The van der Waals surface area contributed by atoms with E-state index in [4.69, 9.17) is 5.11 Å². The van der Waals surface area contributed by atoms with Crippen molar-refractivity contribution in [1.29, 1.82) is 0 Å². The third-order valence-corrected chi connectivity index (χ3v) is 2.08. The summed E-state index contributed by atoms with van der Waals surface area (Å²) < 4.78 is 0. The Hall–Kier alpha value is -0.120. The van der Waals surface area contributed by atoms with Gasteiger partial charge >= 0.3 is 0 Å². The van der Waals surface area contributed by atoms with Crippen LogP contribution in [0.3, 0.4) is 0 Å². The fraction of sp³-hybridized carbons (Fsp3) is 1.00. The maximum absolute atomic E-state index is 8.85. The highest BCUT2D eigenvalue weighted by atomic mass is 16.3. The summed E-state index contributed by atoms with van der Waals surface area (Å²) in [6, 6.07) is 0. The molecule has 0 fully saturated rings. The molecule has 0 aromatic heterocycles. The summed E-state index contributed by atoms with van der Waals surface area (Å²) in [5.74, 6) is 0.656. The van der Waals surface area contributed by atoms with Crippen LogP contribution in [-0.4, -0.2) is 49.8 Å². The molecule has 0 amide bonds. The highest BCUT2D eigenvalue weighted by molar-refractivity contribution is 4.63. The van der Waals surface area contributed by atoms with Crippen molar-refractivity contribution in [3.05, 3.63) is 0 Å². The van der Waals surface area contributed by atoms with Crippen LogP contribution in [0.5, 0.6) is 0 Å². The van der Waals surface area contributed by atoms with Crippen LogP contribution in [0, 0.1) is 5.92 Å². The van der Waals surface area contributed by atoms with Gasteiger partial charge in [-0.25, -0.2) is 0 Å². The van der Waals surface area contributed by atoms with Crippen molar-refractivity contribution in [2.75, 3.05) is 39.8 Å². The molecule has 1 atom stereocenters. The van der Waals surface area contributed by atoms with E-state index < -0.39 is 0 Å². The van der Waals surface area contributed by atoms with Crippen molar-refractivity contribution in [2.45, 2.75) is 20.3 Å². The maximum Gasteiger partial charge on any atom is 0.0558 e. The zero-order valence-electron chi connectivity index (χ0n) is 9.21. The summed E-state index contributed by atoms with van der Waals surface area (Å²) in [4.78, 5) is 2.32. The van der Waals surface area contributed by atoms with Crippen LogP contribution in [-0.2, 0) is 0 Å². The first-order chi connectivity index (χ1) is 6.24. The Morgan fingerprint density at radius 2 is 2.08 bits per heavy atom. The molecule has 0 saturated carbocycles. The van der Waals surface area contributed by atoms with Crippen LogP contribution in [0.2, 0.25) is 0 Å². The second kappa shape index (κ2) is 8.48. The third-order valence-electron chi connectivity index (χ3n) is 2.08. The third kappa shape index (κ3) is 6.99. The topological polar surface area (TPSA) is 35.5 Å². The van der Waals surface area contributed by atoms with Crippen LogP contribution in [0.4, 0.5) is 0 Å². The molecule has 0 aliphatic carbocycles. The van der Waals surface area contributed by atoms with Crippen molar-refractivity contribution in [1.82, 2.24) is 10.2 Å². The van der Waals surface area contributed by atoms with E-state index in [9.17, 15) is 0 Å². The SMILES string of the molecule is CCCN(CCO)CC(C)CNC. The number of hydrogen-bond donors (Lipinski definition) is 2. The van der Waals surface area contributed by atoms with Gasteiger partial charge in [0.05, 0.1) is 6.61 Å². The lowest BCUT2D eigenvalue weighted by atomic mass is 10.1. The Morgan fingerprint density at radius 1 is 1.38 bits per heavy atom. The second-order valence-corrected chi connectivity index (χ2v) is 3.69. The molecule has 0 bridgehead atoms. The van der Waals surface area contributed by atoms with Gasteiger partial charge in [-0.3, -0.25) is 0 Å². The van der Waals surface area contributed by atoms with E-state index in [0.717, 1.165) is 32.6 Å². The lowest BCUT2D eigenvalue weighted by Gasteiger charge is -2.24. The zero-order chi connectivity index (χ0) is 10.1. The standard InChI is InChI=1S/C10H24N2O/c1-4-5-12(6-7-13)9-10(2)8-11-3/h10-11,13H,4-9H2,1-3H3. The first kappa shape index (κ1) is 12.9. The molecule has 3 nitrogen and oxygen atoms in total. The Morgan fingerprint density at radius 3 is 2.54 bits per heavy atom. The van der Waals surface area contributed by atoms with Crippen LogP contribution in [0.1, 0.15) is 20.3 Å². The summed E-state index contributed by atoms with van der Waals surface area (Å²) in [6.07, 6.45) is 1.16. The molecule has 80 valence electrons. The molecule has 0 aliphatic heterocycles. The molecule has 0 aromatic rings. The van der Waals surface area contributed by atoms with Crippen molar-refractivity contribution in [3.63, 3.8) is 0 Å². The molecule has 3 heteroatoms. The van der Waals surface area contributed by atoms with Gasteiger partial charge in [-0.15, -0.1) is 0 Å². The van der Waals surface area contributed by atoms with Crippen LogP contribution in [0.25, 0.3) is 0 Å². The molecule has 1 unspecified atom stereocenters. The Bertz CT molecular complexity index is 103. The number of aliphatic hydroxyl groups excluding tert-OH is 1. The molecule has 0 aromatic carbocycles. The predicted octanol–water partition coefficient (Wildman–Crippen LogP) is 0.546. The summed E-state index contributed by atoms with van der Waals surface area (Å²) in [5, 5.41) is 12.0. The Kier molecular flexibility index (Phi) is 8.40. The largest absolute Gasteiger partial charge is 0.395 e. The smallest absolute Gasteiger partial charge is 0.0558 e. The summed E-state index contributed by atoms with van der Waals surface area (Å²) in [6.45, 7) is 8.70. The van der Waals surface area contributed by atoms with Gasteiger partial charge in [0.2, 0.25) is 0 Å². The highest BCUT2D eigenvalue weighted by Gasteiger charge is 2.07. The number of nitrogens with zero attached hydrogens (tertiary/aromatic N) is 1. The van der Waals surface area contributed by atoms with Crippen molar-refractivity contribution >= 4 is 0 Å². The van der Waals surface area contributed by atoms with E-state index in [1.165, 1.54) is 0 Å². The second-order valence-electron chi connectivity index (χ2n) is 3.69. The average molecular weight is 188 g/mol. The van der Waals surface area contributed by atoms with Crippen molar-refractivity contribution in [2.24, 2.45) is 5.92 Å². The van der Waals surface area contributed by atoms with Gasteiger partial charge in [0.15, 0.2) is 0 Å². The van der Waals surface area contributed by atoms with E-state index in [0.29, 0.717) is 5.92 Å². The van der Waals surface area contributed by atoms with Crippen molar-refractivity contribution < 1.29 is 5.11 Å². The summed E-state index contributed by atoms with van der Waals surface area (Å²) in [5.41, 5.74) is 0. The normalized spacial score (nSPS) is 13.6. The van der Waals surface area contributed by atoms with Gasteiger partial charge < -0.3 is 15.3 Å². The number of aliphatic hydroxyl groups is 1. The maximum atomic E-state index is 8.85. The molecular formula is C10H24N2O. The van der Waals surface area contributed by atoms with Crippen LogP contribution >= 0.6 is 0 Å². The first-order valence-corrected chi connectivity index (χ1v) is 5.22. The van der Waals surface area contributed by atoms with E-state index in [1.807, 2.05) is 7.05 Å². The predicted molar refractivity (Wildman–Crippen MR) is 56.9 cm³/mol. The summed E-state index contributed by atoms with van der Waals surface area (Å²) in [7, 11) is 1.98.